The summed E-state index contributed by atoms with van der Waals surface area (Å²) in [6, 6.07) is 2.13. The van der Waals surface area contributed by atoms with Gasteiger partial charge in [0.15, 0.2) is 0 Å². The van der Waals surface area contributed by atoms with E-state index in [-0.39, 0.29) is 0 Å². The van der Waals surface area contributed by atoms with Gasteiger partial charge < -0.3 is 5.73 Å². The fourth-order valence-corrected chi connectivity index (χ4v) is 2.73. The zero-order valence-electron chi connectivity index (χ0n) is 8.77. The van der Waals surface area contributed by atoms with Gasteiger partial charge in [0.25, 0.3) is 0 Å². The van der Waals surface area contributed by atoms with Crippen molar-refractivity contribution in [3.8, 4) is 0 Å². The summed E-state index contributed by atoms with van der Waals surface area (Å²) < 4.78 is 0. The second kappa shape index (κ2) is 6.67. The summed E-state index contributed by atoms with van der Waals surface area (Å²) in [5.74, 6) is 0. The van der Waals surface area contributed by atoms with Crippen molar-refractivity contribution in [2.24, 2.45) is 5.73 Å². The van der Waals surface area contributed by atoms with Crippen molar-refractivity contribution in [3.63, 3.8) is 0 Å². The van der Waals surface area contributed by atoms with Crippen LogP contribution in [-0.4, -0.2) is 0 Å². The molecule has 0 amide bonds. The number of nitrogens with two attached hydrogens (primary N) is 1. The Balaban J connectivity index is 2.70. The summed E-state index contributed by atoms with van der Waals surface area (Å²) in [4.78, 5) is 3.59. The van der Waals surface area contributed by atoms with Crippen LogP contribution in [0.5, 0.6) is 0 Å². The highest BCUT2D eigenvalue weighted by molar-refractivity contribution is 8.03. The molecule has 0 bridgehead atoms. The largest absolute Gasteiger partial charge is 0.326 e. The van der Waals surface area contributed by atoms with Crippen LogP contribution in [0, 0.1) is 0 Å². The molecule has 80 valence electrons. The molecule has 0 aliphatic carbocycles. The average molecular weight is 237 g/mol. The molecule has 1 aromatic rings. The molecule has 0 radical (unpaired) electrons. The number of rotatable bonds is 5. The van der Waals surface area contributed by atoms with Gasteiger partial charge in [0.05, 0.1) is 0 Å². The predicted molar refractivity (Wildman–Crippen MR) is 71.2 cm³/mol. The molecular formula is C12H15NS2. The van der Waals surface area contributed by atoms with Gasteiger partial charge in [0, 0.05) is 26.6 Å². The highest BCUT2D eigenvalue weighted by Crippen LogP contribution is 2.30. The molecule has 1 rings (SSSR count). The first-order valence-corrected chi connectivity index (χ1v) is 6.40. The van der Waals surface area contributed by atoms with Crippen molar-refractivity contribution in [1.29, 1.82) is 0 Å². The highest BCUT2D eigenvalue weighted by atomic mass is 32.2. The maximum Gasteiger partial charge on any atom is 0.0274 e. The summed E-state index contributed by atoms with van der Waals surface area (Å²) in [5, 5.41) is 2.12. The van der Waals surface area contributed by atoms with Gasteiger partial charge in [-0.2, -0.15) is 0 Å². The molecule has 3 heteroatoms. The Morgan fingerprint density at radius 3 is 3.00 bits per heavy atom. The van der Waals surface area contributed by atoms with Crippen molar-refractivity contribution in [2.75, 3.05) is 0 Å². The molecule has 1 heterocycles. The van der Waals surface area contributed by atoms with Crippen molar-refractivity contribution < 1.29 is 0 Å². The maximum atomic E-state index is 5.56. The smallest absolute Gasteiger partial charge is 0.0274 e. The fraction of sp³-hybridized carbons (Fsp3) is 0.167. The third-order valence-electron chi connectivity index (χ3n) is 1.72. The minimum atomic E-state index is 0.618. The average Bonchev–Trinajstić information content (AvgIpc) is 2.71. The molecular weight excluding hydrogens is 222 g/mol. The monoisotopic (exact) mass is 237 g/mol. The Morgan fingerprint density at radius 1 is 1.67 bits per heavy atom. The first-order chi connectivity index (χ1) is 7.30. The highest BCUT2D eigenvalue weighted by Gasteiger charge is 2.00. The lowest BCUT2D eigenvalue weighted by Gasteiger charge is -1.97. The van der Waals surface area contributed by atoms with E-state index in [0.29, 0.717) is 6.54 Å². The zero-order chi connectivity index (χ0) is 11.1. The molecule has 1 aromatic heterocycles. The first-order valence-electron chi connectivity index (χ1n) is 4.71. The van der Waals surface area contributed by atoms with E-state index in [9.17, 15) is 0 Å². The van der Waals surface area contributed by atoms with Gasteiger partial charge in [-0.25, -0.2) is 0 Å². The van der Waals surface area contributed by atoms with Crippen LogP contribution >= 0.6 is 23.1 Å². The normalized spacial score (nSPS) is 12.3. The Labute approximate surface area is 99.4 Å². The molecule has 0 aromatic carbocycles. The van der Waals surface area contributed by atoms with Gasteiger partial charge in [-0.15, -0.1) is 11.3 Å². The predicted octanol–water partition coefficient (Wildman–Crippen LogP) is 3.94. The van der Waals surface area contributed by atoms with Crippen LogP contribution in [-0.2, 0) is 6.54 Å². The first kappa shape index (κ1) is 12.3. The van der Waals surface area contributed by atoms with Crippen LogP contribution in [0.1, 0.15) is 11.8 Å². The van der Waals surface area contributed by atoms with E-state index in [1.54, 1.807) is 23.1 Å². The van der Waals surface area contributed by atoms with E-state index in [1.165, 1.54) is 9.77 Å². The minimum Gasteiger partial charge on any atom is -0.326 e. The topological polar surface area (TPSA) is 26.0 Å². The van der Waals surface area contributed by atoms with Crippen LogP contribution in [0.3, 0.4) is 0 Å². The molecule has 0 spiro atoms. The lowest BCUT2D eigenvalue weighted by atomic mass is 10.4. The molecule has 2 N–H and O–H groups in total. The van der Waals surface area contributed by atoms with Gasteiger partial charge in [-0.05, 0) is 19.1 Å². The number of thioether (sulfide) groups is 1. The third kappa shape index (κ3) is 4.08. The summed E-state index contributed by atoms with van der Waals surface area (Å²) in [7, 11) is 0. The van der Waals surface area contributed by atoms with Crippen LogP contribution in [0.4, 0.5) is 0 Å². The summed E-state index contributed by atoms with van der Waals surface area (Å²) in [6.45, 7) is 6.41. The minimum absolute atomic E-state index is 0.618. The third-order valence-corrected chi connectivity index (χ3v) is 3.84. The Hall–Kier alpha value is -0.770. The Morgan fingerprint density at radius 2 is 2.47 bits per heavy atom. The number of hydrogen-bond acceptors (Lipinski definition) is 3. The lowest BCUT2D eigenvalue weighted by Crippen LogP contribution is -1.91. The SMILES string of the molecule is C=C/C(=C\C=C/C)Sc1csc(CN)c1. The molecule has 1 nitrogen and oxygen atoms in total. The van der Waals surface area contributed by atoms with Crippen LogP contribution in [0.25, 0.3) is 0 Å². The second-order valence-corrected chi connectivity index (χ2v) is 5.00. The van der Waals surface area contributed by atoms with Crippen molar-refractivity contribution >= 4 is 23.1 Å². The van der Waals surface area contributed by atoms with E-state index in [1.807, 2.05) is 25.2 Å². The van der Waals surface area contributed by atoms with Gasteiger partial charge in [-0.3, -0.25) is 0 Å². The molecule has 0 saturated carbocycles. The Kier molecular flexibility index (Phi) is 5.47. The van der Waals surface area contributed by atoms with Crippen LogP contribution in [0.2, 0.25) is 0 Å². The van der Waals surface area contributed by atoms with E-state index in [2.05, 4.69) is 24.1 Å². The molecule has 0 fully saturated rings. The van der Waals surface area contributed by atoms with Gasteiger partial charge in [0.1, 0.15) is 0 Å². The zero-order valence-corrected chi connectivity index (χ0v) is 10.4. The lowest BCUT2D eigenvalue weighted by molar-refractivity contribution is 1.10. The van der Waals surface area contributed by atoms with E-state index in [4.69, 9.17) is 5.73 Å². The molecule has 0 saturated heterocycles. The molecule has 0 aliphatic rings. The van der Waals surface area contributed by atoms with Crippen LogP contribution < -0.4 is 5.73 Å². The molecule has 0 atom stereocenters. The van der Waals surface area contributed by atoms with Crippen molar-refractivity contribution in [2.45, 2.75) is 18.4 Å². The summed E-state index contributed by atoms with van der Waals surface area (Å²) >= 11 is 3.41. The van der Waals surface area contributed by atoms with Crippen molar-refractivity contribution in [1.82, 2.24) is 0 Å². The van der Waals surface area contributed by atoms with E-state index >= 15 is 0 Å². The van der Waals surface area contributed by atoms with E-state index < -0.39 is 0 Å². The maximum absolute atomic E-state index is 5.56. The standard InChI is InChI=1S/C12H15NS2/c1-3-5-6-10(4-2)15-12-7-11(8-13)14-9-12/h3-7,9H,2,8,13H2,1H3/b5-3-,10-6+. The van der Waals surface area contributed by atoms with E-state index in [0.717, 1.165) is 4.91 Å². The second-order valence-electron chi connectivity index (χ2n) is 2.85. The van der Waals surface area contributed by atoms with Crippen molar-refractivity contribution in [3.05, 3.63) is 52.1 Å². The number of hydrogen-bond donors (Lipinski definition) is 1. The fourth-order valence-electron chi connectivity index (χ4n) is 0.992. The quantitative estimate of drug-likeness (QED) is 0.620. The number of thiophene rings is 1. The van der Waals surface area contributed by atoms with Gasteiger partial charge in [-0.1, -0.05) is 36.6 Å². The summed E-state index contributed by atoms with van der Waals surface area (Å²) in [6.07, 6.45) is 7.94. The Bertz CT molecular complexity index is 375. The molecule has 0 unspecified atom stereocenters. The number of allylic oxidation sites excluding steroid dienone is 4. The molecule has 15 heavy (non-hydrogen) atoms. The van der Waals surface area contributed by atoms with Gasteiger partial charge >= 0.3 is 0 Å². The summed E-state index contributed by atoms with van der Waals surface area (Å²) in [5.41, 5.74) is 5.56. The molecule has 0 aliphatic heterocycles. The van der Waals surface area contributed by atoms with Gasteiger partial charge in [0.2, 0.25) is 0 Å². The van der Waals surface area contributed by atoms with Crippen LogP contribution in [0.15, 0.2) is 52.1 Å².